The second kappa shape index (κ2) is 3.06. The monoisotopic (exact) mass is 156 g/mol. The molecule has 1 rings (SSSR count). The number of hydrogen-bond donors (Lipinski definition) is 2. The van der Waals surface area contributed by atoms with E-state index < -0.39 is 6.29 Å². The number of aliphatic hydroxyl groups excluding tert-OH is 1. The molecule has 0 spiro atoms. The number of hydrogen-bond acceptors (Lipinski definition) is 2. The fourth-order valence-electron chi connectivity index (χ4n) is 1.62. The summed E-state index contributed by atoms with van der Waals surface area (Å²) in [6, 6.07) is 0. The molecule has 3 heteroatoms. The molecule has 0 aromatic carbocycles. The lowest BCUT2D eigenvalue weighted by molar-refractivity contribution is -0.0802. The number of rotatable bonds is 1. The van der Waals surface area contributed by atoms with Gasteiger partial charge < -0.3 is 10.2 Å². The van der Waals surface area contributed by atoms with E-state index in [2.05, 4.69) is 6.58 Å². The van der Waals surface area contributed by atoms with E-state index in [1.165, 1.54) is 5.57 Å². The molecule has 10 heavy (non-hydrogen) atoms. The Labute approximate surface area is 69.0 Å². The molecule has 0 unspecified atom stereocenters. The van der Waals surface area contributed by atoms with E-state index in [1.807, 2.05) is 0 Å². The zero-order chi connectivity index (χ0) is 7.72. The van der Waals surface area contributed by atoms with Crippen molar-refractivity contribution in [2.24, 2.45) is 5.92 Å². The summed E-state index contributed by atoms with van der Waals surface area (Å²) in [6.45, 7) is 3.84. The van der Waals surface area contributed by atoms with E-state index in [4.69, 9.17) is 10.2 Å². The minimum Gasteiger partial charge on any atom is -0.368 e. The van der Waals surface area contributed by atoms with Crippen LogP contribution >= 0.6 is 0 Å². The maximum Gasteiger partial charge on any atom is 0.217 e. The Morgan fingerprint density at radius 2 is 2.10 bits per heavy atom. The molecule has 2 nitrogen and oxygen atoms in total. The summed E-state index contributed by atoms with van der Waals surface area (Å²) in [7, 11) is 0. The maximum atomic E-state index is 8.88. The van der Waals surface area contributed by atoms with E-state index in [0.29, 0.717) is 4.78 Å². The first-order chi connectivity index (χ1) is 4.61. The number of aliphatic hydroxyl groups is 2. The van der Waals surface area contributed by atoms with Gasteiger partial charge in [0.25, 0.3) is 0 Å². The van der Waals surface area contributed by atoms with Gasteiger partial charge >= 0.3 is 0 Å². The number of allylic oxidation sites excluding steroid dienone is 1. The summed E-state index contributed by atoms with van der Waals surface area (Å²) in [4.78, 5) is 0. The van der Waals surface area contributed by atoms with Crippen molar-refractivity contribution >= 4 is 16.3 Å². The topological polar surface area (TPSA) is 40.5 Å². The molecule has 1 aliphatic rings. The van der Waals surface area contributed by atoms with E-state index in [0.717, 1.165) is 29.1 Å². The van der Waals surface area contributed by atoms with E-state index in [1.54, 1.807) is 0 Å². The molecule has 0 saturated heterocycles. The molecular formula is C7H13AlO2. The summed E-state index contributed by atoms with van der Waals surface area (Å²) in [5.74, 6) is 0.0826. The highest BCUT2D eigenvalue weighted by molar-refractivity contribution is 6.12. The van der Waals surface area contributed by atoms with Crippen LogP contribution in [-0.4, -0.2) is 32.8 Å². The summed E-state index contributed by atoms with van der Waals surface area (Å²) in [6.07, 6.45) is 0.696. The van der Waals surface area contributed by atoms with Gasteiger partial charge in [0, 0.05) is 5.92 Å². The van der Waals surface area contributed by atoms with Crippen LogP contribution < -0.4 is 0 Å². The molecule has 2 atom stereocenters. The first-order valence-corrected chi connectivity index (χ1v) is 4.79. The van der Waals surface area contributed by atoms with Gasteiger partial charge in [0.15, 0.2) is 6.29 Å². The summed E-state index contributed by atoms with van der Waals surface area (Å²) < 4.78 is 0.521. The average Bonchev–Trinajstić information content (AvgIpc) is 2.10. The van der Waals surface area contributed by atoms with Gasteiger partial charge in [0.1, 0.15) is 0 Å². The zero-order valence-corrected chi connectivity index (χ0v) is 8.25. The lowest BCUT2D eigenvalue weighted by atomic mass is 10.1. The van der Waals surface area contributed by atoms with Gasteiger partial charge in [-0.15, -0.1) is 0 Å². The van der Waals surface area contributed by atoms with Crippen molar-refractivity contribution in [3.8, 4) is 0 Å². The molecule has 0 aliphatic heterocycles. The van der Waals surface area contributed by atoms with Crippen molar-refractivity contribution in [1.82, 2.24) is 0 Å². The Hall–Kier alpha value is 0.192. The Morgan fingerprint density at radius 3 is 2.30 bits per heavy atom. The molecule has 0 aromatic rings. The van der Waals surface area contributed by atoms with Crippen LogP contribution in [-0.2, 0) is 0 Å². The summed E-state index contributed by atoms with van der Waals surface area (Å²) >= 11 is 1.04. The molecule has 1 saturated carbocycles. The van der Waals surface area contributed by atoms with Gasteiger partial charge in [-0.2, -0.15) is 0 Å². The van der Waals surface area contributed by atoms with Crippen molar-refractivity contribution in [2.75, 3.05) is 0 Å². The molecular weight excluding hydrogens is 143 g/mol. The lowest BCUT2D eigenvalue weighted by Gasteiger charge is -2.16. The average molecular weight is 156 g/mol. The Kier molecular flexibility index (Phi) is 2.54. The largest absolute Gasteiger partial charge is 0.368 e. The van der Waals surface area contributed by atoms with Crippen LogP contribution in [0.5, 0.6) is 0 Å². The molecule has 0 aromatic heterocycles. The fraction of sp³-hybridized carbons (Fsp3) is 0.714. The standard InChI is InChI=1S/C7H11O2.Al.2H/c1-5-2-3-6(4-5)7(8)9;;;/h3,6-9H,1-2,4H2;;;/t6-;;;/m1.../s1. The molecule has 1 fully saturated rings. The van der Waals surface area contributed by atoms with Gasteiger partial charge in [-0.3, -0.25) is 0 Å². The first-order valence-electron chi connectivity index (χ1n) is 3.64. The first kappa shape index (κ1) is 8.29. The highest BCUT2D eigenvalue weighted by atomic mass is 27.0. The van der Waals surface area contributed by atoms with Crippen LogP contribution in [0.3, 0.4) is 0 Å². The fourth-order valence-corrected chi connectivity index (χ4v) is 2.78. The van der Waals surface area contributed by atoms with Crippen LogP contribution in [0.25, 0.3) is 0 Å². The third kappa shape index (κ3) is 1.62. The molecule has 0 amide bonds. The minimum absolute atomic E-state index is 0.0826. The van der Waals surface area contributed by atoms with E-state index in [9.17, 15) is 0 Å². The van der Waals surface area contributed by atoms with Crippen molar-refractivity contribution in [3.05, 3.63) is 12.2 Å². The summed E-state index contributed by atoms with van der Waals surface area (Å²) in [5, 5.41) is 17.8. The van der Waals surface area contributed by atoms with Crippen molar-refractivity contribution in [1.29, 1.82) is 0 Å². The zero-order valence-electron chi connectivity index (χ0n) is 6.25. The third-order valence-electron chi connectivity index (χ3n) is 2.25. The molecule has 56 valence electrons. The molecule has 2 N–H and O–H groups in total. The van der Waals surface area contributed by atoms with Crippen LogP contribution in [0, 0.1) is 5.92 Å². The minimum atomic E-state index is -1.12. The second-order valence-corrected chi connectivity index (χ2v) is 4.70. The normalized spacial score (nSPS) is 33.7. The lowest BCUT2D eigenvalue weighted by Crippen LogP contribution is -2.20. The molecule has 1 aliphatic carbocycles. The highest BCUT2D eigenvalue weighted by Gasteiger charge is 2.30. The van der Waals surface area contributed by atoms with Gasteiger partial charge in [-0.1, -0.05) is 16.9 Å². The third-order valence-corrected chi connectivity index (χ3v) is 3.51. The van der Waals surface area contributed by atoms with Gasteiger partial charge in [0.05, 0.1) is 0 Å². The van der Waals surface area contributed by atoms with Gasteiger partial charge in [-0.05, 0) is 12.8 Å². The van der Waals surface area contributed by atoms with Gasteiger partial charge in [0.2, 0.25) is 16.3 Å². The SMILES string of the molecule is C=C1C[C@H](C(O)O)[C@@H]([AlH2])C1. The van der Waals surface area contributed by atoms with E-state index >= 15 is 0 Å². The Balaban J connectivity index is 2.54. The van der Waals surface area contributed by atoms with Crippen molar-refractivity contribution in [3.63, 3.8) is 0 Å². The predicted molar refractivity (Wildman–Crippen MR) is 42.4 cm³/mol. The van der Waals surface area contributed by atoms with Crippen LogP contribution in [0.1, 0.15) is 12.8 Å². The predicted octanol–water partition coefficient (Wildman–Crippen LogP) is -0.315. The van der Waals surface area contributed by atoms with Gasteiger partial charge in [-0.25, -0.2) is 0 Å². The Bertz CT molecular complexity index is 145. The second-order valence-electron chi connectivity index (χ2n) is 3.21. The summed E-state index contributed by atoms with van der Waals surface area (Å²) in [5.41, 5.74) is 1.18. The quantitative estimate of drug-likeness (QED) is 0.310. The van der Waals surface area contributed by atoms with Crippen molar-refractivity contribution < 1.29 is 10.2 Å². The maximum absolute atomic E-state index is 8.88. The van der Waals surface area contributed by atoms with Crippen LogP contribution in [0.15, 0.2) is 12.2 Å². The van der Waals surface area contributed by atoms with Crippen LogP contribution in [0.4, 0.5) is 0 Å². The highest BCUT2D eigenvalue weighted by Crippen LogP contribution is 2.38. The smallest absolute Gasteiger partial charge is 0.217 e. The molecule has 0 bridgehead atoms. The Morgan fingerprint density at radius 1 is 1.50 bits per heavy atom. The van der Waals surface area contributed by atoms with Crippen LogP contribution in [0.2, 0.25) is 4.78 Å². The van der Waals surface area contributed by atoms with E-state index in [-0.39, 0.29) is 5.92 Å². The molecule has 0 heterocycles. The van der Waals surface area contributed by atoms with Crippen molar-refractivity contribution in [2.45, 2.75) is 23.9 Å². The molecule has 0 radical (unpaired) electrons.